The van der Waals surface area contributed by atoms with Crippen molar-refractivity contribution >= 4 is 11.6 Å². The maximum absolute atomic E-state index is 13.7. The lowest BCUT2D eigenvalue weighted by atomic mass is 9.89. The van der Waals surface area contributed by atoms with Crippen molar-refractivity contribution in [3.63, 3.8) is 0 Å². The number of fused-ring (bicyclic) bond motifs is 1. The van der Waals surface area contributed by atoms with Crippen LogP contribution in [0.4, 0.5) is 5.69 Å². The van der Waals surface area contributed by atoms with Crippen molar-refractivity contribution in [2.75, 3.05) is 18.5 Å². The number of amides is 1. The Bertz CT molecular complexity index is 1060. The Kier molecular flexibility index (Phi) is 7.02. The molecule has 172 valence electrons. The second kappa shape index (κ2) is 10.1. The van der Waals surface area contributed by atoms with Gasteiger partial charge in [0.05, 0.1) is 12.2 Å². The molecule has 1 atom stereocenters. The zero-order valence-corrected chi connectivity index (χ0v) is 19.9. The number of para-hydroxylation sites is 1. The van der Waals surface area contributed by atoms with Crippen molar-refractivity contribution in [3.05, 3.63) is 95.6 Å². The van der Waals surface area contributed by atoms with Gasteiger partial charge < -0.3 is 15.0 Å². The van der Waals surface area contributed by atoms with Gasteiger partial charge in [0.15, 0.2) is 0 Å². The van der Waals surface area contributed by atoms with Crippen LogP contribution in [0.25, 0.3) is 0 Å². The van der Waals surface area contributed by atoms with E-state index in [1.807, 2.05) is 59.5 Å². The predicted octanol–water partition coefficient (Wildman–Crippen LogP) is 6.48. The van der Waals surface area contributed by atoms with Crippen molar-refractivity contribution in [2.24, 2.45) is 5.92 Å². The number of carbonyl (C=O) groups excluding carboxylic acids is 1. The fraction of sp³-hybridized carbons (Fsp3) is 0.345. The summed E-state index contributed by atoms with van der Waals surface area (Å²) < 4.78 is 5.93. The molecule has 3 aromatic carbocycles. The van der Waals surface area contributed by atoms with Crippen LogP contribution >= 0.6 is 0 Å². The van der Waals surface area contributed by atoms with Crippen molar-refractivity contribution in [1.29, 1.82) is 0 Å². The minimum Gasteiger partial charge on any atom is -0.494 e. The molecule has 1 aliphatic heterocycles. The first-order chi connectivity index (χ1) is 16.0. The van der Waals surface area contributed by atoms with Gasteiger partial charge in [0.1, 0.15) is 11.4 Å². The van der Waals surface area contributed by atoms with Gasteiger partial charge in [-0.2, -0.15) is 0 Å². The van der Waals surface area contributed by atoms with Crippen molar-refractivity contribution in [2.45, 2.75) is 45.7 Å². The van der Waals surface area contributed by atoms with E-state index in [-0.39, 0.29) is 5.91 Å². The number of carbonyl (C=O) groups is 1. The monoisotopic (exact) mass is 442 g/mol. The zero-order chi connectivity index (χ0) is 23.3. The van der Waals surface area contributed by atoms with Gasteiger partial charge in [-0.3, -0.25) is 4.79 Å². The topological polar surface area (TPSA) is 41.6 Å². The summed E-state index contributed by atoms with van der Waals surface area (Å²) in [7, 11) is 0. The molecule has 4 nitrogen and oxygen atoms in total. The Morgan fingerprint density at radius 2 is 1.64 bits per heavy atom. The smallest absolute Gasteiger partial charge is 0.258 e. The van der Waals surface area contributed by atoms with Crippen LogP contribution in [-0.2, 0) is 12.1 Å². The predicted molar refractivity (Wildman–Crippen MR) is 135 cm³/mol. The number of ether oxygens (including phenoxy) is 1. The van der Waals surface area contributed by atoms with Gasteiger partial charge in [0.2, 0.25) is 0 Å². The lowest BCUT2D eigenvalue weighted by Crippen LogP contribution is -2.57. The third kappa shape index (κ3) is 4.90. The molecule has 0 aromatic heterocycles. The van der Waals surface area contributed by atoms with Gasteiger partial charge in [-0.05, 0) is 60.6 Å². The molecule has 4 rings (SSSR count). The highest BCUT2D eigenvalue weighted by atomic mass is 16.5. The summed E-state index contributed by atoms with van der Waals surface area (Å²) in [6.45, 7) is 7.88. The average molecular weight is 443 g/mol. The van der Waals surface area contributed by atoms with Gasteiger partial charge in [-0.25, -0.2) is 0 Å². The highest BCUT2D eigenvalue weighted by molar-refractivity contribution is 6.02. The summed E-state index contributed by atoms with van der Waals surface area (Å²) >= 11 is 0. The highest BCUT2D eigenvalue weighted by Gasteiger charge is 2.44. The Labute approximate surface area is 197 Å². The minimum absolute atomic E-state index is 0.0689. The number of anilines is 1. The molecular weight excluding hydrogens is 408 g/mol. The lowest BCUT2D eigenvalue weighted by molar-refractivity contribution is 0.0487. The van der Waals surface area contributed by atoms with E-state index in [1.54, 1.807) is 0 Å². The summed E-state index contributed by atoms with van der Waals surface area (Å²) in [5.41, 5.74) is 3.29. The molecule has 0 bridgehead atoms. The molecule has 0 spiro atoms. The van der Waals surface area contributed by atoms with Gasteiger partial charge in [-0.1, -0.05) is 75.4 Å². The summed E-state index contributed by atoms with van der Waals surface area (Å²) in [4.78, 5) is 15.7. The first-order valence-corrected chi connectivity index (χ1v) is 12.0. The molecule has 1 N–H and O–H groups in total. The molecule has 1 unspecified atom stereocenters. The van der Waals surface area contributed by atoms with Crippen LogP contribution in [0.5, 0.6) is 5.75 Å². The third-order valence-electron chi connectivity index (χ3n) is 6.48. The summed E-state index contributed by atoms with van der Waals surface area (Å²) in [5.74, 6) is 1.55. The van der Waals surface area contributed by atoms with Gasteiger partial charge >= 0.3 is 0 Å². The van der Waals surface area contributed by atoms with E-state index in [0.29, 0.717) is 19.1 Å². The average Bonchev–Trinajstić information content (AvgIpc) is 2.84. The SMILES string of the molecule is CCC1(c2ccc(OCCC(C)C)cc2)Nc2ccccc2C(=O)N1CCc1ccccc1. The van der Waals surface area contributed by atoms with Crippen LogP contribution in [-0.4, -0.2) is 24.0 Å². The van der Waals surface area contributed by atoms with Crippen LogP contribution in [0.1, 0.15) is 55.1 Å². The summed E-state index contributed by atoms with van der Waals surface area (Å²) in [5, 5.41) is 3.74. The summed E-state index contributed by atoms with van der Waals surface area (Å²) in [6, 6.07) is 26.4. The first-order valence-electron chi connectivity index (χ1n) is 12.0. The van der Waals surface area contributed by atoms with E-state index in [0.717, 1.165) is 41.8 Å². The molecule has 0 saturated carbocycles. The Balaban J connectivity index is 1.65. The van der Waals surface area contributed by atoms with Crippen LogP contribution < -0.4 is 10.1 Å². The van der Waals surface area contributed by atoms with Gasteiger partial charge in [0, 0.05) is 12.2 Å². The Hall–Kier alpha value is -3.27. The summed E-state index contributed by atoms with van der Waals surface area (Å²) in [6.07, 6.45) is 2.57. The van der Waals surface area contributed by atoms with E-state index >= 15 is 0 Å². The second-order valence-corrected chi connectivity index (χ2v) is 9.13. The van der Waals surface area contributed by atoms with Crippen molar-refractivity contribution < 1.29 is 9.53 Å². The molecular formula is C29H34N2O2. The second-order valence-electron chi connectivity index (χ2n) is 9.13. The molecule has 0 saturated heterocycles. The number of benzene rings is 3. The minimum atomic E-state index is -0.614. The normalized spacial score (nSPS) is 17.6. The number of nitrogens with one attached hydrogen (secondary N) is 1. The molecule has 0 fully saturated rings. The molecule has 0 radical (unpaired) electrons. The van der Waals surface area contributed by atoms with E-state index in [9.17, 15) is 4.79 Å². The molecule has 4 heteroatoms. The van der Waals surface area contributed by atoms with Crippen molar-refractivity contribution in [3.8, 4) is 5.75 Å². The fourth-order valence-corrected chi connectivity index (χ4v) is 4.52. The first kappa shape index (κ1) is 22.9. The Morgan fingerprint density at radius 1 is 0.939 bits per heavy atom. The molecule has 3 aromatic rings. The van der Waals surface area contributed by atoms with Crippen LogP contribution in [0.3, 0.4) is 0 Å². The van der Waals surface area contributed by atoms with Crippen LogP contribution in [0, 0.1) is 5.92 Å². The molecule has 0 aliphatic carbocycles. The molecule has 1 heterocycles. The molecule has 1 amide bonds. The van der Waals surface area contributed by atoms with E-state index in [1.165, 1.54) is 5.56 Å². The van der Waals surface area contributed by atoms with Gasteiger partial charge in [-0.15, -0.1) is 0 Å². The quantitative estimate of drug-likeness (QED) is 0.412. The van der Waals surface area contributed by atoms with Crippen LogP contribution in [0.15, 0.2) is 78.9 Å². The maximum atomic E-state index is 13.7. The number of nitrogens with zero attached hydrogens (tertiary/aromatic N) is 1. The van der Waals surface area contributed by atoms with E-state index < -0.39 is 5.66 Å². The molecule has 1 aliphatic rings. The molecule has 33 heavy (non-hydrogen) atoms. The third-order valence-corrected chi connectivity index (χ3v) is 6.48. The fourth-order valence-electron chi connectivity index (χ4n) is 4.52. The number of rotatable bonds is 9. The Morgan fingerprint density at radius 3 is 2.33 bits per heavy atom. The van der Waals surface area contributed by atoms with Crippen molar-refractivity contribution in [1.82, 2.24) is 4.90 Å². The lowest BCUT2D eigenvalue weighted by Gasteiger charge is -2.48. The number of hydrogen-bond donors (Lipinski definition) is 1. The zero-order valence-electron chi connectivity index (χ0n) is 19.9. The highest BCUT2D eigenvalue weighted by Crippen LogP contribution is 2.40. The van der Waals surface area contributed by atoms with Gasteiger partial charge in [0.25, 0.3) is 5.91 Å². The maximum Gasteiger partial charge on any atom is 0.258 e. The largest absolute Gasteiger partial charge is 0.494 e. The standard InChI is InChI=1S/C29H34N2O2/c1-4-29(24-14-16-25(17-15-24)33-21-19-22(2)3)30-27-13-9-8-12-26(27)28(32)31(29)20-18-23-10-6-5-7-11-23/h5-17,22,30H,4,18-21H2,1-3H3. The number of hydrogen-bond acceptors (Lipinski definition) is 3. The van der Waals surface area contributed by atoms with E-state index in [4.69, 9.17) is 4.74 Å². The van der Waals surface area contributed by atoms with Crippen LogP contribution in [0.2, 0.25) is 0 Å². The van der Waals surface area contributed by atoms with E-state index in [2.05, 4.69) is 50.4 Å².